The average Bonchev–Trinajstić information content (AvgIpc) is 3.42. The Morgan fingerprint density at radius 3 is 2.46 bits per heavy atom. The van der Waals surface area contributed by atoms with Gasteiger partial charge in [-0.15, -0.1) is 11.3 Å². The molecule has 1 aliphatic heterocycles. The molecule has 8 heteroatoms. The third kappa shape index (κ3) is 6.19. The smallest absolute Gasteiger partial charge is 0.254 e. The molecule has 0 spiro atoms. The Hall–Kier alpha value is -3.67. The van der Waals surface area contributed by atoms with Crippen molar-refractivity contribution in [2.75, 3.05) is 16.4 Å². The van der Waals surface area contributed by atoms with E-state index in [1.165, 1.54) is 23.1 Å². The second kappa shape index (κ2) is 12.0. The van der Waals surface area contributed by atoms with Crippen LogP contribution in [0.25, 0.3) is 0 Å². The number of amides is 2. The first-order valence-corrected chi connectivity index (χ1v) is 13.9. The van der Waals surface area contributed by atoms with Gasteiger partial charge in [0.15, 0.2) is 0 Å². The van der Waals surface area contributed by atoms with Crippen LogP contribution in [-0.4, -0.2) is 22.6 Å². The summed E-state index contributed by atoms with van der Waals surface area (Å²) in [6.45, 7) is 5.95. The maximum absolute atomic E-state index is 13.4. The van der Waals surface area contributed by atoms with Gasteiger partial charge in [0.2, 0.25) is 5.91 Å². The largest absolute Gasteiger partial charge is 0.325 e. The van der Waals surface area contributed by atoms with Crippen molar-refractivity contribution in [1.82, 2.24) is 0 Å². The van der Waals surface area contributed by atoms with Crippen molar-refractivity contribution >= 4 is 51.3 Å². The maximum atomic E-state index is 13.4. The molecule has 0 aliphatic carbocycles. The number of rotatable bonds is 7. The first-order chi connectivity index (χ1) is 17.9. The molecule has 0 fully saturated rings. The molecule has 2 amide bonds. The number of nitriles is 1. The van der Waals surface area contributed by atoms with E-state index in [0.29, 0.717) is 22.0 Å². The van der Waals surface area contributed by atoms with Crippen LogP contribution in [0.3, 0.4) is 0 Å². The molecular weight excluding hydrogens is 500 g/mol. The quantitative estimate of drug-likeness (QED) is 0.353. The minimum atomic E-state index is -0.681. The predicted molar refractivity (Wildman–Crippen MR) is 153 cm³/mol. The first-order valence-electron chi connectivity index (χ1n) is 12.0. The van der Waals surface area contributed by atoms with E-state index in [2.05, 4.69) is 35.5 Å². The van der Waals surface area contributed by atoms with Crippen LogP contribution in [0.1, 0.15) is 43.0 Å². The Bertz CT molecular complexity index is 1370. The molecule has 2 aromatic carbocycles. The zero-order valence-corrected chi connectivity index (χ0v) is 22.5. The minimum Gasteiger partial charge on any atom is -0.325 e. The molecule has 0 radical (unpaired) electrons. The molecule has 1 aromatic heterocycles. The van der Waals surface area contributed by atoms with E-state index < -0.39 is 11.8 Å². The molecule has 2 heterocycles. The molecule has 188 valence electrons. The third-order valence-electron chi connectivity index (χ3n) is 6.05. The number of nitrogens with zero attached hydrogens (tertiary/aromatic N) is 2. The zero-order valence-electron chi connectivity index (χ0n) is 20.9. The summed E-state index contributed by atoms with van der Waals surface area (Å²) in [5.41, 5.74) is 3.55. The van der Waals surface area contributed by atoms with E-state index in [1.54, 1.807) is 6.92 Å². The van der Waals surface area contributed by atoms with Crippen molar-refractivity contribution in [2.24, 2.45) is 10.9 Å². The predicted octanol–water partition coefficient (Wildman–Crippen LogP) is 6.79. The number of carbonyl (C=O) groups excluding carboxylic acids is 2. The van der Waals surface area contributed by atoms with Gasteiger partial charge in [-0.1, -0.05) is 68.1 Å². The van der Waals surface area contributed by atoms with Crippen LogP contribution in [0.15, 0.2) is 88.4 Å². The van der Waals surface area contributed by atoms with Crippen LogP contribution in [0.4, 0.5) is 11.4 Å². The van der Waals surface area contributed by atoms with Gasteiger partial charge in [-0.2, -0.15) is 5.26 Å². The number of anilines is 2. The lowest BCUT2D eigenvalue weighted by atomic mass is 9.82. The molecular formula is C29H28N4O2S2. The van der Waals surface area contributed by atoms with Gasteiger partial charge in [0.25, 0.3) is 5.91 Å². The highest BCUT2D eigenvalue weighted by atomic mass is 32.2. The Balaban J connectivity index is 1.58. The van der Waals surface area contributed by atoms with Crippen LogP contribution in [0, 0.1) is 17.2 Å². The number of nitrogens with one attached hydrogen (secondary N) is 2. The Morgan fingerprint density at radius 2 is 1.78 bits per heavy atom. The van der Waals surface area contributed by atoms with Crippen molar-refractivity contribution in [3.63, 3.8) is 0 Å². The van der Waals surface area contributed by atoms with E-state index in [4.69, 9.17) is 0 Å². The molecule has 37 heavy (non-hydrogen) atoms. The molecule has 2 unspecified atom stereocenters. The number of hydrogen-bond donors (Lipinski definition) is 2. The summed E-state index contributed by atoms with van der Waals surface area (Å²) in [6.07, 6.45) is 0. The molecule has 2 N–H and O–H groups in total. The second-order valence-corrected chi connectivity index (χ2v) is 10.9. The van der Waals surface area contributed by atoms with E-state index in [9.17, 15) is 14.9 Å². The summed E-state index contributed by atoms with van der Waals surface area (Å²) in [5, 5.41) is 18.6. The lowest BCUT2D eigenvalue weighted by Crippen LogP contribution is -2.31. The van der Waals surface area contributed by atoms with E-state index in [-0.39, 0.29) is 23.5 Å². The van der Waals surface area contributed by atoms with Gasteiger partial charge in [-0.3, -0.25) is 9.59 Å². The molecule has 2 atom stereocenters. The summed E-state index contributed by atoms with van der Waals surface area (Å²) in [7, 11) is 0. The second-order valence-electron chi connectivity index (χ2n) is 8.95. The number of hydrogen-bond acceptors (Lipinski definition) is 6. The van der Waals surface area contributed by atoms with Gasteiger partial charge in [0.1, 0.15) is 5.92 Å². The summed E-state index contributed by atoms with van der Waals surface area (Å²) >= 11 is 2.75. The van der Waals surface area contributed by atoms with E-state index in [1.807, 2.05) is 72.1 Å². The lowest BCUT2D eigenvalue weighted by molar-refractivity contribution is -0.114. The maximum Gasteiger partial charge on any atom is 0.254 e. The van der Waals surface area contributed by atoms with Crippen molar-refractivity contribution < 1.29 is 9.59 Å². The fourth-order valence-corrected chi connectivity index (χ4v) is 6.11. The van der Waals surface area contributed by atoms with Gasteiger partial charge in [-0.25, -0.2) is 4.99 Å². The van der Waals surface area contributed by atoms with Gasteiger partial charge < -0.3 is 10.6 Å². The standard InChI is InChI=1S/C29H28N4O2S2/c1-18(2)21-12-7-8-13-23(21)33-25(34)17-37-29-22(16-30)27(24-14-9-15-36-24)26(19(3)31-29)28(35)32-20-10-5-4-6-11-20/h4-15,18,22,27H,17H2,1-3H3,(H,32,35)(H,33,34). The fraction of sp³-hybridized carbons (Fsp3) is 0.241. The molecule has 0 bridgehead atoms. The Morgan fingerprint density at radius 1 is 1.05 bits per heavy atom. The number of benzene rings is 2. The highest BCUT2D eigenvalue weighted by Gasteiger charge is 2.39. The van der Waals surface area contributed by atoms with Crippen molar-refractivity contribution in [3.05, 3.63) is 93.8 Å². The number of para-hydroxylation sites is 2. The fourth-order valence-electron chi connectivity index (χ4n) is 4.32. The molecule has 6 nitrogen and oxygen atoms in total. The van der Waals surface area contributed by atoms with Crippen LogP contribution in [0.2, 0.25) is 0 Å². The van der Waals surface area contributed by atoms with Gasteiger partial charge in [-0.05, 0) is 48.1 Å². The van der Waals surface area contributed by atoms with Crippen molar-refractivity contribution in [3.8, 4) is 6.07 Å². The van der Waals surface area contributed by atoms with Crippen molar-refractivity contribution in [2.45, 2.75) is 32.6 Å². The number of carbonyl (C=O) groups is 2. The third-order valence-corrected chi connectivity index (χ3v) is 8.05. The number of thiophene rings is 1. The van der Waals surface area contributed by atoms with Gasteiger partial charge in [0, 0.05) is 33.4 Å². The summed E-state index contributed by atoms with van der Waals surface area (Å²) in [4.78, 5) is 31.8. The molecule has 0 saturated carbocycles. The Kier molecular flexibility index (Phi) is 8.59. The van der Waals surface area contributed by atoms with Crippen molar-refractivity contribution in [1.29, 1.82) is 5.26 Å². The SMILES string of the molecule is CC1=C(C(=O)Nc2ccccc2)C(c2cccs2)C(C#N)C(SCC(=O)Nc2ccccc2C(C)C)=N1. The van der Waals surface area contributed by atoms with Crippen LogP contribution >= 0.6 is 23.1 Å². The summed E-state index contributed by atoms with van der Waals surface area (Å²) in [6, 6.07) is 23.2. The van der Waals surface area contributed by atoms with E-state index in [0.717, 1.165) is 16.1 Å². The van der Waals surface area contributed by atoms with E-state index >= 15 is 0 Å². The molecule has 4 rings (SSSR count). The van der Waals surface area contributed by atoms with Gasteiger partial charge >= 0.3 is 0 Å². The number of aliphatic imine (C=N–C) groups is 1. The number of thioether (sulfide) groups is 1. The monoisotopic (exact) mass is 528 g/mol. The normalized spacial score (nSPS) is 17.2. The highest BCUT2D eigenvalue weighted by Crippen LogP contribution is 2.43. The summed E-state index contributed by atoms with van der Waals surface area (Å²) in [5.74, 6) is -1.22. The summed E-state index contributed by atoms with van der Waals surface area (Å²) < 4.78 is 0. The minimum absolute atomic E-state index is 0.111. The molecule has 3 aromatic rings. The van der Waals surface area contributed by atoms with Crippen LogP contribution < -0.4 is 10.6 Å². The lowest BCUT2D eigenvalue weighted by Gasteiger charge is -2.29. The molecule has 0 saturated heterocycles. The highest BCUT2D eigenvalue weighted by molar-refractivity contribution is 8.14. The van der Waals surface area contributed by atoms with Crippen LogP contribution in [-0.2, 0) is 9.59 Å². The first kappa shape index (κ1) is 26.4. The Labute approximate surface area is 225 Å². The number of allylic oxidation sites excluding steroid dienone is 1. The zero-order chi connectivity index (χ0) is 26.4. The molecule has 1 aliphatic rings. The average molecular weight is 529 g/mol. The van der Waals surface area contributed by atoms with Crippen LogP contribution in [0.5, 0.6) is 0 Å². The van der Waals surface area contributed by atoms with Gasteiger partial charge in [0.05, 0.1) is 16.9 Å². The topological polar surface area (TPSA) is 94.4 Å².